The molecule has 24 heteroatoms. The molecular formula is C77H98N12O9S3. The van der Waals surface area contributed by atoms with Crippen molar-refractivity contribution in [3.05, 3.63) is 171 Å². The molecule has 3 aliphatic heterocycles. The number of carbonyl (C=O) groups excluding carboxylic acids is 6. The number of rotatable bonds is 21. The molecule has 538 valence electrons. The molecule has 101 heavy (non-hydrogen) atoms. The number of nitrogens with zero attached hydrogens (tertiary/aromatic N) is 8. The van der Waals surface area contributed by atoms with Gasteiger partial charge in [0.1, 0.15) is 41.5 Å². The fourth-order valence-corrected chi connectivity index (χ4v) is 16.0. The van der Waals surface area contributed by atoms with Crippen molar-refractivity contribution >= 4 is 69.5 Å². The molecule has 3 fully saturated rings. The second-order valence-electron chi connectivity index (χ2n) is 28.9. The van der Waals surface area contributed by atoms with Gasteiger partial charge in [0.2, 0.25) is 35.4 Å². The van der Waals surface area contributed by atoms with Gasteiger partial charge in [0.15, 0.2) is 0 Å². The molecule has 5 N–H and O–H groups in total. The van der Waals surface area contributed by atoms with Crippen molar-refractivity contribution in [1.82, 2.24) is 61.2 Å². The Bertz CT molecular complexity index is 4090. The highest BCUT2D eigenvalue weighted by atomic mass is 32.1. The zero-order chi connectivity index (χ0) is 73.1. The van der Waals surface area contributed by atoms with Crippen LogP contribution in [-0.2, 0) is 35.3 Å². The molecule has 8 aromatic rings. The zero-order valence-corrected chi connectivity index (χ0v) is 63.1. The van der Waals surface area contributed by atoms with E-state index in [1.165, 1.54) is 11.8 Å². The monoisotopic (exact) mass is 1430 g/mol. The quantitative estimate of drug-likeness (QED) is 0.0447. The summed E-state index contributed by atoms with van der Waals surface area (Å²) < 4.78 is 10.6. The third-order valence-electron chi connectivity index (χ3n) is 19.0. The van der Waals surface area contributed by atoms with E-state index in [-0.39, 0.29) is 83.8 Å². The van der Waals surface area contributed by atoms with Crippen LogP contribution in [0.15, 0.2) is 135 Å². The van der Waals surface area contributed by atoms with Crippen molar-refractivity contribution in [2.24, 2.45) is 29.1 Å². The number of aliphatic hydroxyl groups is 1. The van der Waals surface area contributed by atoms with E-state index in [0.29, 0.717) is 56.1 Å². The number of nitrogens with one attached hydrogen (secondary N) is 4. The number of aliphatic hydroxyl groups excluding tert-OH is 1. The van der Waals surface area contributed by atoms with E-state index in [0.717, 1.165) is 60.2 Å². The first-order valence-corrected chi connectivity index (χ1v) is 37.3. The summed E-state index contributed by atoms with van der Waals surface area (Å²) in [6, 6.07) is 25.9. The summed E-state index contributed by atoms with van der Waals surface area (Å²) in [4.78, 5) is 100. The molecule has 5 aromatic heterocycles. The third-order valence-corrected chi connectivity index (χ3v) is 22.0. The highest BCUT2D eigenvalue weighted by molar-refractivity contribution is 7.14. The lowest BCUT2D eigenvalue weighted by molar-refractivity contribution is -0.141. The number of likely N-dealkylation sites (tertiary alicyclic amines) is 3. The van der Waals surface area contributed by atoms with E-state index in [2.05, 4.69) is 115 Å². The number of β-amino-alcohol motifs (C(OH)–C–C–N with tert-alkyl or cyclic N) is 1. The number of thiazole rings is 3. The molecule has 21 nitrogen and oxygen atoms in total. The Kier molecular flexibility index (Phi) is 25.6. The normalized spacial score (nSPS) is 19.7. The van der Waals surface area contributed by atoms with E-state index in [9.17, 15) is 33.9 Å². The van der Waals surface area contributed by atoms with Gasteiger partial charge in [0, 0.05) is 63.4 Å². The predicted octanol–water partition coefficient (Wildman–Crippen LogP) is 13.2. The van der Waals surface area contributed by atoms with Gasteiger partial charge in [0.25, 0.3) is 0 Å². The number of benzene rings is 3. The fraction of sp³-hybridized carbons (Fsp3) is 0.468. The molecule has 11 rings (SSSR count). The Balaban J connectivity index is 0.000000176. The van der Waals surface area contributed by atoms with Crippen LogP contribution in [-0.4, -0.2) is 130 Å². The molecule has 0 spiro atoms. The van der Waals surface area contributed by atoms with Crippen molar-refractivity contribution in [1.29, 1.82) is 0 Å². The molecule has 0 aliphatic carbocycles. The Hall–Kier alpha value is -8.71. The lowest BCUT2D eigenvalue weighted by Crippen LogP contribution is -2.56. The van der Waals surface area contributed by atoms with Crippen LogP contribution in [0.3, 0.4) is 0 Å². The molecule has 11 atom stereocenters. The number of aromatic nitrogens is 5. The first-order chi connectivity index (χ1) is 48.0. The minimum Gasteiger partial charge on any atom is -0.391 e. The van der Waals surface area contributed by atoms with Crippen molar-refractivity contribution < 1.29 is 42.9 Å². The number of carbonyl (C=O) groups is 6. The van der Waals surface area contributed by atoms with Crippen LogP contribution in [0.4, 0.5) is 0 Å². The second-order valence-corrected chi connectivity index (χ2v) is 31.5. The summed E-state index contributed by atoms with van der Waals surface area (Å²) in [6.07, 6.45) is 4.18. The van der Waals surface area contributed by atoms with Crippen LogP contribution in [0.5, 0.6) is 0 Å². The molecule has 1 unspecified atom stereocenters. The van der Waals surface area contributed by atoms with Crippen molar-refractivity contribution in [2.75, 3.05) is 19.6 Å². The molecule has 3 aromatic carbocycles. The zero-order valence-electron chi connectivity index (χ0n) is 60.6. The average molecular weight is 1430 g/mol. The topological polar surface area (TPSA) is 271 Å². The lowest BCUT2D eigenvalue weighted by Gasteiger charge is -2.36. The van der Waals surface area contributed by atoms with Crippen molar-refractivity contribution in [2.45, 2.75) is 184 Å². The summed E-state index contributed by atoms with van der Waals surface area (Å²) in [5.41, 5.74) is 15.3. The SMILES string of the molecule is C=C(N[C@@H](C)c1ccc(-c2scnc2C)cc1)[C@@H]1C[C@@H](O)CN1C(=O)[C@@H](NC(C)=O)C(C)(C)C.Cc1ncsc1-c1ccc(CNC(=O)[C@@H]2C[C@@H](C)CN2C(=O)C(c2ccno2)C(C)C)cc1.Cc1ncsc1-c1ccc([C@H](C)NC(=O)[C@@H]2C[C@@H](C)CN2C(=O)[C@@H](c2ccno2)C(C)C)cc1. The number of hydrogen-bond donors (Lipinski definition) is 5. The van der Waals surface area contributed by atoms with Crippen LogP contribution in [0.2, 0.25) is 0 Å². The van der Waals surface area contributed by atoms with Gasteiger partial charge in [-0.15, -0.1) is 34.0 Å². The summed E-state index contributed by atoms with van der Waals surface area (Å²) in [5.74, 6) is -0.0886. The highest BCUT2D eigenvalue weighted by Crippen LogP contribution is 2.37. The van der Waals surface area contributed by atoms with E-state index >= 15 is 0 Å². The van der Waals surface area contributed by atoms with Crippen LogP contribution in [0, 0.1) is 49.9 Å². The smallest absolute Gasteiger partial charge is 0.246 e. The predicted molar refractivity (Wildman–Crippen MR) is 396 cm³/mol. The largest absolute Gasteiger partial charge is 0.391 e. The van der Waals surface area contributed by atoms with Gasteiger partial charge in [-0.25, -0.2) is 15.0 Å². The first-order valence-electron chi connectivity index (χ1n) is 34.7. The van der Waals surface area contributed by atoms with Gasteiger partial charge in [-0.05, 0) is 110 Å². The number of hydrogen-bond acceptors (Lipinski definition) is 18. The summed E-state index contributed by atoms with van der Waals surface area (Å²) in [7, 11) is 0. The minimum atomic E-state index is -0.689. The molecule has 8 heterocycles. The summed E-state index contributed by atoms with van der Waals surface area (Å²) in [6.45, 7) is 35.3. The second kappa shape index (κ2) is 33.8. The number of aryl methyl sites for hydroxylation is 3. The van der Waals surface area contributed by atoms with Gasteiger partial charge < -0.3 is 50.1 Å². The lowest BCUT2D eigenvalue weighted by atomic mass is 9.85. The highest BCUT2D eigenvalue weighted by Gasteiger charge is 2.46. The maximum atomic E-state index is 13.5. The third kappa shape index (κ3) is 18.9. The molecule has 3 aliphatic rings. The van der Waals surface area contributed by atoms with Crippen LogP contribution in [0.1, 0.15) is 172 Å². The Morgan fingerprint density at radius 2 is 0.960 bits per heavy atom. The molecule has 0 bridgehead atoms. The standard InChI is InChI=1S/C26H32N4O3S.C26H36N4O3S.C25H30N4O3S/c1-15(2)23(22-10-11-28-33-22)26(32)30-13-16(3)12-21(30)25(31)29-17(4)19-6-8-20(9-7-19)24-18(5)27-14-34-24;1-15(19-8-10-20(11-9-19)23-17(3)27-14-34-23)28-16(2)22-12-21(32)13-30(22)25(33)24(26(5,6)7)29-18(4)31;1-15(2)22(21-9-10-28-32-21)25(31)29-13-16(3)11-20(29)24(30)26-12-18-5-7-19(8-6-18)23-17(4)27-14-33-23/h6-11,14-17,21,23H,12-13H2,1-5H3,(H,29,31);8-11,14-15,21-22,24,28,32H,2,12-13H2,1,3-7H3,(H,29,31);5-10,14-16,20,22H,11-13H2,1-4H3,(H,26,30)/t16-,17+,21+,23-;15-,21+,22-,24+;16-,20+,22?/m101/s1. The maximum absolute atomic E-state index is 13.5. The number of amides is 6. The van der Waals surface area contributed by atoms with E-state index in [1.807, 2.05) is 124 Å². The molecular weight excluding hydrogens is 1330 g/mol. The van der Waals surface area contributed by atoms with Crippen LogP contribution in [0.25, 0.3) is 31.3 Å². The van der Waals surface area contributed by atoms with Crippen LogP contribution < -0.4 is 21.3 Å². The summed E-state index contributed by atoms with van der Waals surface area (Å²) >= 11 is 4.87. The Morgan fingerprint density at radius 1 is 0.554 bits per heavy atom. The van der Waals surface area contributed by atoms with Gasteiger partial charge in [-0.3, -0.25) is 28.8 Å². The van der Waals surface area contributed by atoms with Crippen molar-refractivity contribution in [3.8, 4) is 31.3 Å². The fourth-order valence-electron chi connectivity index (χ4n) is 13.6. The van der Waals surface area contributed by atoms with Crippen molar-refractivity contribution in [3.63, 3.8) is 0 Å². The molecule has 0 radical (unpaired) electrons. The van der Waals surface area contributed by atoms with Gasteiger partial charge in [0.05, 0.1) is 78.8 Å². The summed E-state index contributed by atoms with van der Waals surface area (Å²) in [5, 5.41) is 30.3. The van der Waals surface area contributed by atoms with E-state index in [1.54, 1.807) is 73.2 Å². The Morgan fingerprint density at radius 3 is 1.34 bits per heavy atom. The van der Waals surface area contributed by atoms with Crippen LogP contribution >= 0.6 is 34.0 Å². The van der Waals surface area contributed by atoms with Gasteiger partial charge in [-0.2, -0.15) is 0 Å². The molecule has 0 saturated carbocycles. The van der Waals surface area contributed by atoms with E-state index < -0.39 is 41.5 Å². The molecule has 3 saturated heterocycles. The first kappa shape index (κ1) is 76.5. The van der Waals surface area contributed by atoms with Gasteiger partial charge >= 0.3 is 0 Å². The van der Waals surface area contributed by atoms with Gasteiger partial charge in [-0.1, -0.05) is 152 Å². The maximum Gasteiger partial charge on any atom is 0.246 e. The van der Waals surface area contributed by atoms with E-state index in [4.69, 9.17) is 9.05 Å². The Labute approximate surface area is 605 Å². The molecule has 6 amide bonds. The minimum absolute atomic E-state index is 0.0275. The average Bonchev–Trinajstić information content (AvgIpc) is 1.70.